The van der Waals surface area contributed by atoms with Gasteiger partial charge < -0.3 is 5.32 Å². The molecule has 0 spiro atoms. The number of benzene rings is 1. The second kappa shape index (κ2) is 5.44. The lowest BCUT2D eigenvalue weighted by atomic mass is 10.2. The molecule has 0 amide bonds. The molecule has 18 heavy (non-hydrogen) atoms. The van der Waals surface area contributed by atoms with Crippen molar-refractivity contribution >= 4 is 27.4 Å². The van der Waals surface area contributed by atoms with E-state index in [4.69, 9.17) is 0 Å². The van der Waals surface area contributed by atoms with Gasteiger partial charge in [-0.1, -0.05) is 13.0 Å². The molecule has 0 bridgehead atoms. The molecular formula is C13H13BrFN3. The molecule has 0 fully saturated rings. The molecule has 3 nitrogen and oxygen atoms in total. The van der Waals surface area contributed by atoms with Crippen LogP contribution in [-0.2, 0) is 6.42 Å². The molecule has 0 saturated heterocycles. The van der Waals surface area contributed by atoms with E-state index in [1.165, 1.54) is 6.07 Å². The highest BCUT2D eigenvalue weighted by Gasteiger charge is 2.06. The van der Waals surface area contributed by atoms with Crippen LogP contribution in [0.5, 0.6) is 0 Å². The number of aryl methyl sites for hydroxylation is 2. The average molecular weight is 310 g/mol. The van der Waals surface area contributed by atoms with Crippen LogP contribution in [0.2, 0.25) is 0 Å². The summed E-state index contributed by atoms with van der Waals surface area (Å²) in [5, 5.41) is 2.97. The molecular weight excluding hydrogens is 297 g/mol. The van der Waals surface area contributed by atoms with E-state index in [0.717, 1.165) is 12.0 Å². The molecule has 0 aliphatic heterocycles. The van der Waals surface area contributed by atoms with Gasteiger partial charge in [0.25, 0.3) is 0 Å². The molecule has 0 atom stereocenters. The Morgan fingerprint density at radius 2 is 2.06 bits per heavy atom. The van der Waals surface area contributed by atoms with E-state index in [1.54, 1.807) is 18.2 Å². The quantitative estimate of drug-likeness (QED) is 0.871. The Hall–Kier alpha value is -1.49. The molecule has 1 aromatic carbocycles. The molecule has 0 aliphatic carbocycles. The Morgan fingerprint density at radius 3 is 2.78 bits per heavy atom. The molecule has 1 N–H and O–H groups in total. The first-order valence-corrected chi connectivity index (χ1v) is 6.44. The minimum atomic E-state index is -0.298. The molecule has 2 aromatic rings. The Bertz CT molecular complexity index is 572. The first-order valence-electron chi connectivity index (χ1n) is 5.65. The number of nitrogens with zero attached hydrogens (tertiary/aromatic N) is 2. The van der Waals surface area contributed by atoms with Crippen LogP contribution >= 0.6 is 15.9 Å². The smallest absolute Gasteiger partial charge is 0.146 e. The number of hydrogen-bond donors (Lipinski definition) is 1. The van der Waals surface area contributed by atoms with Crippen LogP contribution in [0.3, 0.4) is 0 Å². The molecule has 5 heteroatoms. The minimum absolute atomic E-state index is 0.298. The lowest BCUT2D eigenvalue weighted by molar-refractivity contribution is 0.631. The van der Waals surface area contributed by atoms with Crippen LogP contribution in [0.15, 0.2) is 28.9 Å². The van der Waals surface area contributed by atoms with Gasteiger partial charge in [0, 0.05) is 12.5 Å². The summed E-state index contributed by atoms with van der Waals surface area (Å²) in [5.41, 5.74) is 1.41. The zero-order valence-corrected chi connectivity index (χ0v) is 11.8. The van der Waals surface area contributed by atoms with Gasteiger partial charge in [0.15, 0.2) is 0 Å². The number of nitrogens with one attached hydrogen (secondary N) is 1. The summed E-state index contributed by atoms with van der Waals surface area (Å²) >= 11 is 3.32. The summed E-state index contributed by atoms with van der Waals surface area (Å²) in [4.78, 5) is 8.50. The zero-order valence-electron chi connectivity index (χ0n) is 10.2. The zero-order chi connectivity index (χ0) is 13.1. The minimum Gasteiger partial charge on any atom is -0.338 e. The lowest BCUT2D eigenvalue weighted by Gasteiger charge is -2.09. The highest BCUT2D eigenvalue weighted by atomic mass is 79.9. The highest BCUT2D eigenvalue weighted by Crippen LogP contribution is 2.21. The first-order chi connectivity index (χ1) is 8.58. The van der Waals surface area contributed by atoms with Gasteiger partial charge in [-0.05, 0) is 40.5 Å². The molecule has 2 rings (SSSR count). The van der Waals surface area contributed by atoms with Crippen molar-refractivity contribution in [2.75, 3.05) is 5.32 Å². The number of halogens is 2. The Balaban J connectivity index is 2.33. The maximum atomic E-state index is 13.6. The predicted octanol–water partition coefficient (Wildman–Crippen LogP) is 3.99. The first kappa shape index (κ1) is 13.0. The third kappa shape index (κ3) is 3.04. The number of hydrogen-bond acceptors (Lipinski definition) is 3. The van der Waals surface area contributed by atoms with Gasteiger partial charge in [-0.2, -0.15) is 0 Å². The maximum Gasteiger partial charge on any atom is 0.146 e. The van der Waals surface area contributed by atoms with Crippen LogP contribution in [0.25, 0.3) is 0 Å². The third-order valence-corrected chi connectivity index (χ3v) is 2.85. The molecule has 1 aromatic heterocycles. The average Bonchev–Trinajstić information content (AvgIpc) is 2.33. The maximum absolute atomic E-state index is 13.6. The van der Waals surface area contributed by atoms with Crippen molar-refractivity contribution in [1.29, 1.82) is 0 Å². The van der Waals surface area contributed by atoms with E-state index in [2.05, 4.69) is 31.2 Å². The number of aromatic nitrogens is 2. The Kier molecular flexibility index (Phi) is 3.91. The van der Waals surface area contributed by atoms with Gasteiger partial charge in [-0.15, -0.1) is 0 Å². The monoisotopic (exact) mass is 309 g/mol. The topological polar surface area (TPSA) is 37.8 Å². The van der Waals surface area contributed by atoms with Crippen molar-refractivity contribution in [3.63, 3.8) is 0 Å². The van der Waals surface area contributed by atoms with Crippen molar-refractivity contribution in [1.82, 2.24) is 9.97 Å². The van der Waals surface area contributed by atoms with Crippen LogP contribution in [-0.4, -0.2) is 9.97 Å². The molecule has 0 unspecified atom stereocenters. The largest absolute Gasteiger partial charge is 0.338 e. The van der Waals surface area contributed by atoms with Crippen molar-refractivity contribution in [3.05, 3.63) is 46.1 Å². The Morgan fingerprint density at radius 1 is 1.28 bits per heavy atom. The van der Waals surface area contributed by atoms with E-state index < -0.39 is 0 Å². The van der Waals surface area contributed by atoms with Crippen molar-refractivity contribution in [2.45, 2.75) is 20.3 Å². The van der Waals surface area contributed by atoms with E-state index >= 15 is 0 Å². The van der Waals surface area contributed by atoms with E-state index in [0.29, 0.717) is 21.9 Å². The van der Waals surface area contributed by atoms with E-state index in [1.807, 2.05) is 13.8 Å². The van der Waals surface area contributed by atoms with Gasteiger partial charge in [-0.25, -0.2) is 14.4 Å². The predicted molar refractivity (Wildman–Crippen MR) is 73.5 cm³/mol. The van der Waals surface area contributed by atoms with Crippen molar-refractivity contribution in [2.24, 2.45) is 0 Å². The molecule has 0 radical (unpaired) electrons. The fourth-order valence-electron chi connectivity index (χ4n) is 1.56. The standard InChI is InChI=1S/C13H13BrFN3/c1-3-12-17-11(14)7-13(18-12)16-10-6-8(2)4-5-9(10)15/h4-7H,3H2,1-2H3,(H,16,17,18). The van der Waals surface area contributed by atoms with Gasteiger partial charge in [0.1, 0.15) is 22.1 Å². The lowest BCUT2D eigenvalue weighted by Crippen LogP contribution is -2.01. The fraction of sp³-hybridized carbons (Fsp3) is 0.231. The summed E-state index contributed by atoms with van der Waals surface area (Å²) < 4.78 is 14.3. The summed E-state index contributed by atoms with van der Waals surface area (Å²) in [6, 6.07) is 6.64. The second-order valence-electron chi connectivity index (χ2n) is 3.95. The fourth-order valence-corrected chi connectivity index (χ4v) is 1.98. The van der Waals surface area contributed by atoms with Gasteiger partial charge in [0.05, 0.1) is 5.69 Å². The molecule has 94 valence electrons. The van der Waals surface area contributed by atoms with E-state index in [-0.39, 0.29) is 5.82 Å². The van der Waals surface area contributed by atoms with Crippen LogP contribution in [0.1, 0.15) is 18.3 Å². The molecule has 1 heterocycles. The summed E-state index contributed by atoms with van der Waals surface area (Å²) in [7, 11) is 0. The SMILES string of the molecule is CCc1nc(Br)cc(Nc2cc(C)ccc2F)n1. The second-order valence-corrected chi connectivity index (χ2v) is 4.77. The van der Waals surface area contributed by atoms with Crippen LogP contribution in [0.4, 0.5) is 15.9 Å². The highest BCUT2D eigenvalue weighted by molar-refractivity contribution is 9.10. The van der Waals surface area contributed by atoms with Crippen molar-refractivity contribution in [3.8, 4) is 0 Å². The number of rotatable bonds is 3. The summed E-state index contributed by atoms with van der Waals surface area (Å²) in [6.45, 7) is 3.89. The summed E-state index contributed by atoms with van der Waals surface area (Å²) in [6.07, 6.45) is 0.727. The van der Waals surface area contributed by atoms with Gasteiger partial charge >= 0.3 is 0 Å². The third-order valence-electron chi connectivity index (χ3n) is 2.44. The van der Waals surface area contributed by atoms with Gasteiger partial charge in [0.2, 0.25) is 0 Å². The van der Waals surface area contributed by atoms with Crippen LogP contribution in [0, 0.1) is 12.7 Å². The number of anilines is 2. The van der Waals surface area contributed by atoms with E-state index in [9.17, 15) is 4.39 Å². The van der Waals surface area contributed by atoms with Crippen LogP contribution < -0.4 is 5.32 Å². The van der Waals surface area contributed by atoms with Crippen molar-refractivity contribution < 1.29 is 4.39 Å². The van der Waals surface area contributed by atoms with Gasteiger partial charge in [-0.3, -0.25) is 0 Å². The molecule has 0 aliphatic rings. The Labute approximate surface area is 114 Å². The normalized spacial score (nSPS) is 10.4. The molecule has 0 saturated carbocycles. The summed E-state index contributed by atoms with van der Waals surface area (Å²) in [5.74, 6) is 0.992.